The second-order valence-electron chi connectivity index (χ2n) is 6.86. The van der Waals surface area contributed by atoms with Crippen molar-refractivity contribution in [1.29, 1.82) is 0 Å². The highest BCUT2D eigenvalue weighted by Gasteiger charge is 2.40. The minimum atomic E-state index is -3.39. The van der Waals surface area contributed by atoms with Gasteiger partial charge in [0.25, 0.3) is 5.91 Å². The van der Waals surface area contributed by atoms with Gasteiger partial charge in [-0.15, -0.1) is 0 Å². The lowest BCUT2D eigenvalue weighted by atomic mass is 10.0. The average molecular weight is 374 g/mol. The van der Waals surface area contributed by atoms with E-state index in [2.05, 4.69) is 4.72 Å². The number of benzene rings is 2. The van der Waals surface area contributed by atoms with Crippen LogP contribution < -0.4 is 14.4 Å². The zero-order valence-corrected chi connectivity index (χ0v) is 15.8. The SMILES string of the molecule is CC1(C)Oc2cc(NS(C)(=O)=O)ccc2N(CCc2ccccc2)C1=O. The molecule has 7 heteroatoms. The largest absolute Gasteiger partial charge is 0.476 e. The molecule has 1 heterocycles. The van der Waals surface area contributed by atoms with Crippen molar-refractivity contribution in [3.05, 3.63) is 54.1 Å². The van der Waals surface area contributed by atoms with Gasteiger partial charge >= 0.3 is 0 Å². The fraction of sp³-hybridized carbons (Fsp3) is 0.316. The summed E-state index contributed by atoms with van der Waals surface area (Å²) in [6.45, 7) is 3.94. The topological polar surface area (TPSA) is 75.7 Å². The van der Waals surface area contributed by atoms with E-state index in [0.29, 0.717) is 30.1 Å². The number of amides is 1. The van der Waals surface area contributed by atoms with Crippen LogP contribution in [0.4, 0.5) is 11.4 Å². The fourth-order valence-electron chi connectivity index (χ4n) is 2.96. The van der Waals surface area contributed by atoms with Gasteiger partial charge in [-0.05, 0) is 38.0 Å². The van der Waals surface area contributed by atoms with Crippen LogP contribution in [-0.2, 0) is 21.2 Å². The van der Waals surface area contributed by atoms with E-state index in [0.717, 1.165) is 11.8 Å². The summed E-state index contributed by atoms with van der Waals surface area (Å²) in [6.07, 6.45) is 1.80. The van der Waals surface area contributed by atoms with E-state index in [1.165, 1.54) is 0 Å². The summed E-state index contributed by atoms with van der Waals surface area (Å²) in [6, 6.07) is 14.9. The number of carbonyl (C=O) groups is 1. The molecule has 0 bridgehead atoms. The van der Waals surface area contributed by atoms with Gasteiger partial charge in [0.2, 0.25) is 10.0 Å². The summed E-state index contributed by atoms with van der Waals surface area (Å²) in [4.78, 5) is 14.5. The zero-order valence-electron chi connectivity index (χ0n) is 15.0. The predicted molar refractivity (Wildman–Crippen MR) is 102 cm³/mol. The van der Waals surface area contributed by atoms with E-state index < -0.39 is 15.6 Å². The summed E-state index contributed by atoms with van der Waals surface area (Å²) in [5.41, 5.74) is 1.16. The molecular formula is C19H22N2O4S. The van der Waals surface area contributed by atoms with Gasteiger partial charge in [0.15, 0.2) is 5.60 Å². The smallest absolute Gasteiger partial charge is 0.270 e. The summed E-state index contributed by atoms with van der Waals surface area (Å²) in [5.74, 6) is 0.362. The molecule has 138 valence electrons. The Morgan fingerprint density at radius 1 is 1.12 bits per heavy atom. The first kappa shape index (κ1) is 18.3. The van der Waals surface area contributed by atoms with E-state index in [1.54, 1.807) is 36.9 Å². The number of fused-ring (bicyclic) bond motifs is 1. The molecule has 6 nitrogen and oxygen atoms in total. The lowest BCUT2D eigenvalue weighted by Gasteiger charge is -2.39. The van der Waals surface area contributed by atoms with E-state index in [1.807, 2.05) is 30.3 Å². The van der Waals surface area contributed by atoms with Crippen molar-refractivity contribution in [3.63, 3.8) is 0 Å². The second-order valence-corrected chi connectivity index (χ2v) is 8.61. The van der Waals surface area contributed by atoms with Gasteiger partial charge in [-0.25, -0.2) is 8.42 Å². The predicted octanol–water partition coefficient (Wildman–Crippen LogP) is 2.80. The number of sulfonamides is 1. The number of hydrogen-bond acceptors (Lipinski definition) is 4. The Labute approximate surface area is 153 Å². The summed E-state index contributed by atoms with van der Waals surface area (Å²) in [7, 11) is -3.39. The standard InChI is InChI=1S/C19H22N2O4S/c1-19(2)18(22)21(12-11-14-7-5-4-6-8-14)16-10-9-15(13-17(16)25-19)20-26(3,23)24/h4-10,13,20H,11-12H2,1-3H3. The lowest BCUT2D eigenvalue weighted by Crippen LogP contribution is -2.53. The molecule has 0 aromatic heterocycles. The maximum Gasteiger partial charge on any atom is 0.270 e. The average Bonchev–Trinajstić information content (AvgIpc) is 2.54. The van der Waals surface area contributed by atoms with Crippen molar-refractivity contribution in [2.75, 3.05) is 22.4 Å². The van der Waals surface area contributed by atoms with Gasteiger partial charge < -0.3 is 9.64 Å². The van der Waals surface area contributed by atoms with Gasteiger partial charge in [-0.3, -0.25) is 9.52 Å². The van der Waals surface area contributed by atoms with E-state index in [4.69, 9.17) is 4.74 Å². The number of rotatable bonds is 5. The third-order valence-corrected chi connectivity index (χ3v) is 4.75. The van der Waals surface area contributed by atoms with Crippen LogP contribution in [0.5, 0.6) is 5.75 Å². The first-order valence-corrected chi connectivity index (χ1v) is 10.2. The van der Waals surface area contributed by atoms with Crippen LogP contribution in [0.1, 0.15) is 19.4 Å². The van der Waals surface area contributed by atoms with Gasteiger partial charge in [-0.1, -0.05) is 30.3 Å². The fourth-order valence-corrected chi connectivity index (χ4v) is 3.51. The monoisotopic (exact) mass is 374 g/mol. The Balaban J connectivity index is 1.91. The van der Waals surface area contributed by atoms with Crippen LogP contribution in [0.15, 0.2) is 48.5 Å². The number of carbonyl (C=O) groups excluding carboxylic acids is 1. The van der Waals surface area contributed by atoms with Crippen molar-refractivity contribution in [1.82, 2.24) is 0 Å². The minimum Gasteiger partial charge on any atom is -0.476 e. The van der Waals surface area contributed by atoms with Crippen molar-refractivity contribution < 1.29 is 17.9 Å². The van der Waals surface area contributed by atoms with Gasteiger partial charge in [0.05, 0.1) is 17.6 Å². The second kappa shape index (κ2) is 6.64. The van der Waals surface area contributed by atoms with Crippen LogP contribution in [-0.4, -0.2) is 32.7 Å². The van der Waals surface area contributed by atoms with Crippen LogP contribution in [0.2, 0.25) is 0 Å². The molecule has 0 saturated heterocycles. The molecule has 0 unspecified atom stereocenters. The maximum atomic E-state index is 12.8. The Bertz CT molecular complexity index is 924. The van der Waals surface area contributed by atoms with E-state index >= 15 is 0 Å². The summed E-state index contributed by atoms with van der Waals surface area (Å²) < 4.78 is 31.2. The van der Waals surface area contributed by atoms with Crippen molar-refractivity contribution >= 4 is 27.3 Å². The molecule has 1 N–H and O–H groups in total. The maximum absolute atomic E-state index is 12.8. The summed E-state index contributed by atoms with van der Waals surface area (Å²) >= 11 is 0. The number of nitrogens with zero attached hydrogens (tertiary/aromatic N) is 1. The molecule has 0 aliphatic carbocycles. The normalized spacial score (nSPS) is 16.0. The first-order chi connectivity index (χ1) is 12.2. The van der Waals surface area contributed by atoms with Crippen molar-refractivity contribution in [2.24, 2.45) is 0 Å². The van der Waals surface area contributed by atoms with E-state index in [9.17, 15) is 13.2 Å². The van der Waals surface area contributed by atoms with Crippen LogP contribution in [0.25, 0.3) is 0 Å². The molecule has 2 aromatic rings. The Morgan fingerprint density at radius 2 is 1.81 bits per heavy atom. The van der Waals surface area contributed by atoms with Crippen molar-refractivity contribution in [2.45, 2.75) is 25.9 Å². The molecule has 0 spiro atoms. The van der Waals surface area contributed by atoms with E-state index in [-0.39, 0.29) is 5.91 Å². The zero-order chi connectivity index (χ0) is 18.9. The lowest BCUT2D eigenvalue weighted by molar-refractivity contribution is -0.132. The Hall–Kier alpha value is -2.54. The highest BCUT2D eigenvalue weighted by Crippen LogP contribution is 2.39. The highest BCUT2D eigenvalue weighted by molar-refractivity contribution is 7.92. The molecular weight excluding hydrogens is 352 g/mol. The number of hydrogen-bond donors (Lipinski definition) is 1. The van der Waals surface area contributed by atoms with Crippen LogP contribution in [0.3, 0.4) is 0 Å². The highest BCUT2D eigenvalue weighted by atomic mass is 32.2. The quantitative estimate of drug-likeness (QED) is 0.873. The first-order valence-electron chi connectivity index (χ1n) is 8.32. The number of ether oxygens (including phenoxy) is 1. The molecule has 0 atom stereocenters. The Morgan fingerprint density at radius 3 is 2.46 bits per heavy atom. The third-order valence-electron chi connectivity index (χ3n) is 4.15. The molecule has 1 amide bonds. The molecule has 0 radical (unpaired) electrons. The van der Waals surface area contributed by atoms with Crippen LogP contribution in [0, 0.1) is 0 Å². The third kappa shape index (κ3) is 3.99. The molecule has 0 saturated carbocycles. The summed E-state index contributed by atoms with van der Waals surface area (Å²) in [5, 5.41) is 0. The van der Waals surface area contributed by atoms with Crippen molar-refractivity contribution in [3.8, 4) is 5.75 Å². The molecule has 3 rings (SSSR count). The number of anilines is 2. The Kier molecular flexibility index (Phi) is 4.66. The molecule has 0 fully saturated rings. The molecule has 26 heavy (non-hydrogen) atoms. The van der Waals surface area contributed by atoms with Gasteiger partial charge in [0.1, 0.15) is 5.75 Å². The minimum absolute atomic E-state index is 0.121. The molecule has 2 aromatic carbocycles. The number of nitrogens with one attached hydrogen (secondary N) is 1. The van der Waals surface area contributed by atoms with Gasteiger partial charge in [-0.2, -0.15) is 0 Å². The molecule has 1 aliphatic rings. The van der Waals surface area contributed by atoms with Gasteiger partial charge in [0, 0.05) is 12.6 Å². The van der Waals surface area contributed by atoms with Crippen LogP contribution >= 0.6 is 0 Å². The molecule has 1 aliphatic heterocycles.